The maximum absolute atomic E-state index is 11.8. The molecule has 1 saturated heterocycles. The molecule has 1 aliphatic rings. The monoisotopic (exact) mass is 419 g/mol. The number of rotatable bonds is 4. The van der Waals surface area contributed by atoms with Gasteiger partial charge in [-0.05, 0) is 48.5 Å². The molecule has 3 N–H and O–H groups in total. The van der Waals surface area contributed by atoms with Crippen LogP contribution in [0.5, 0.6) is 0 Å². The van der Waals surface area contributed by atoms with Crippen LogP contribution in [0, 0.1) is 0 Å². The lowest BCUT2D eigenvalue weighted by molar-refractivity contribution is -0.136. The molecule has 0 aromatic heterocycles. The van der Waals surface area contributed by atoms with Gasteiger partial charge in [-0.3, -0.25) is 9.59 Å². The van der Waals surface area contributed by atoms with Crippen LogP contribution in [0.1, 0.15) is 6.42 Å². The first-order valence-corrected chi connectivity index (χ1v) is 9.97. The first-order chi connectivity index (χ1) is 13.3. The second-order valence-electron chi connectivity index (χ2n) is 5.56. The SMILES string of the molecule is O=C1CC(=Nc2ccc(S(=O)O)cc2)C(=Nc2ccc(S(=O)O)cc2)NC1=O. The van der Waals surface area contributed by atoms with Gasteiger partial charge in [0.25, 0.3) is 5.91 Å². The van der Waals surface area contributed by atoms with Crippen molar-refractivity contribution in [3.63, 3.8) is 0 Å². The van der Waals surface area contributed by atoms with Crippen LogP contribution in [-0.4, -0.2) is 40.8 Å². The Kier molecular flexibility index (Phi) is 5.99. The Balaban J connectivity index is 1.96. The van der Waals surface area contributed by atoms with Gasteiger partial charge in [0, 0.05) is 0 Å². The fraction of sp³-hybridized carbons (Fsp3) is 0.0588. The molecule has 0 radical (unpaired) electrons. The number of nitrogens with one attached hydrogen (secondary N) is 1. The molecule has 0 spiro atoms. The van der Waals surface area contributed by atoms with E-state index in [-0.39, 0.29) is 27.8 Å². The van der Waals surface area contributed by atoms with Crippen molar-refractivity contribution in [3.05, 3.63) is 48.5 Å². The van der Waals surface area contributed by atoms with Crippen molar-refractivity contribution in [1.29, 1.82) is 0 Å². The highest BCUT2D eigenvalue weighted by Crippen LogP contribution is 2.19. The molecule has 1 aliphatic heterocycles. The average molecular weight is 419 g/mol. The molecule has 9 nitrogen and oxygen atoms in total. The van der Waals surface area contributed by atoms with Crippen LogP contribution in [0.3, 0.4) is 0 Å². The molecule has 0 bridgehead atoms. The average Bonchev–Trinajstić information content (AvgIpc) is 2.66. The van der Waals surface area contributed by atoms with E-state index in [1.165, 1.54) is 48.5 Å². The van der Waals surface area contributed by atoms with Gasteiger partial charge in [0.05, 0.1) is 33.3 Å². The van der Waals surface area contributed by atoms with Crippen LogP contribution in [0.2, 0.25) is 0 Å². The van der Waals surface area contributed by atoms with Crippen LogP contribution in [-0.2, 0) is 31.7 Å². The lowest BCUT2D eigenvalue weighted by Crippen LogP contribution is -2.47. The van der Waals surface area contributed by atoms with Crippen LogP contribution >= 0.6 is 0 Å². The third kappa shape index (κ3) is 4.70. The Morgan fingerprint density at radius 1 is 0.786 bits per heavy atom. The molecule has 2 aromatic carbocycles. The first-order valence-electron chi connectivity index (χ1n) is 7.76. The zero-order valence-corrected chi connectivity index (χ0v) is 15.7. The number of Topliss-reactive ketones (excluding diaryl/α,β-unsaturated/α-hetero) is 1. The maximum atomic E-state index is 11.8. The largest absolute Gasteiger partial charge is 0.302 e. The lowest BCUT2D eigenvalue weighted by Gasteiger charge is -2.16. The number of amides is 1. The Hall–Kier alpha value is -2.86. The number of carbonyl (C=O) groups excluding carboxylic acids is 2. The van der Waals surface area contributed by atoms with E-state index in [1.807, 2.05) is 0 Å². The smallest absolute Gasteiger partial charge is 0.293 e. The third-order valence-corrected chi connectivity index (χ3v) is 5.02. The van der Waals surface area contributed by atoms with Gasteiger partial charge in [0.2, 0.25) is 5.78 Å². The quantitative estimate of drug-likeness (QED) is 0.508. The number of hydrogen-bond acceptors (Lipinski definition) is 6. The third-order valence-electron chi connectivity index (χ3n) is 3.67. The summed E-state index contributed by atoms with van der Waals surface area (Å²) >= 11 is -4.24. The molecule has 2 aromatic rings. The van der Waals surface area contributed by atoms with Crippen molar-refractivity contribution in [3.8, 4) is 0 Å². The molecule has 1 fully saturated rings. The van der Waals surface area contributed by atoms with Crippen LogP contribution in [0.25, 0.3) is 0 Å². The minimum Gasteiger partial charge on any atom is -0.302 e. The van der Waals surface area contributed by atoms with E-state index in [0.717, 1.165) is 0 Å². The highest BCUT2D eigenvalue weighted by atomic mass is 32.2. The second kappa shape index (κ2) is 8.44. The van der Waals surface area contributed by atoms with Crippen molar-refractivity contribution in [2.45, 2.75) is 16.2 Å². The fourth-order valence-electron chi connectivity index (χ4n) is 2.31. The number of aliphatic imine (C=N–C) groups is 2. The highest BCUT2D eigenvalue weighted by Gasteiger charge is 2.28. The van der Waals surface area contributed by atoms with E-state index in [9.17, 15) is 18.0 Å². The van der Waals surface area contributed by atoms with E-state index >= 15 is 0 Å². The highest BCUT2D eigenvalue weighted by molar-refractivity contribution is 7.79. The Morgan fingerprint density at radius 3 is 1.71 bits per heavy atom. The van der Waals surface area contributed by atoms with Crippen molar-refractivity contribution in [2.24, 2.45) is 9.98 Å². The first kappa shape index (κ1) is 19.9. The minimum atomic E-state index is -2.12. The van der Waals surface area contributed by atoms with E-state index in [2.05, 4.69) is 15.3 Å². The molecule has 3 rings (SSSR count). The van der Waals surface area contributed by atoms with Gasteiger partial charge in [-0.25, -0.2) is 18.4 Å². The van der Waals surface area contributed by atoms with Crippen LogP contribution in [0.15, 0.2) is 68.3 Å². The summed E-state index contributed by atoms with van der Waals surface area (Å²) < 4.78 is 40.2. The van der Waals surface area contributed by atoms with Gasteiger partial charge in [0.15, 0.2) is 28.0 Å². The predicted molar refractivity (Wildman–Crippen MR) is 103 cm³/mol. The van der Waals surface area contributed by atoms with Crippen molar-refractivity contribution in [1.82, 2.24) is 5.32 Å². The van der Waals surface area contributed by atoms with Gasteiger partial charge < -0.3 is 14.4 Å². The van der Waals surface area contributed by atoms with E-state index in [0.29, 0.717) is 11.4 Å². The molecule has 11 heteroatoms. The van der Waals surface area contributed by atoms with Crippen molar-refractivity contribution < 1.29 is 27.1 Å². The summed E-state index contributed by atoms with van der Waals surface area (Å²) in [5.74, 6) is -1.40. The van der Waals surface area contributed by atoms with Gasteiger partial charge in [-0.1, -0.05) is 0 Å². The Bertz CT molecular complexity index is 960. The summed E-state index contributed by atoms with van der Waals surface area (Å²) in [5.41, 5.74) is 1.02. The van der Waals surface area contributed by atoms with Crippen LogP contribution < -0.4 is 5.32 Å². The zero-order valence-electron chi connectivity index (χ0n) is 14.1. The summed E-state index contributed by atoms with van der Waals surface area (Å²) in [6, 6.07) is 11.6. The molecule has 1 heterocycles. The maximum Gasteiger partial charge on any atom is 0.293 e. The Morgan fingerprint density at radius 2 is 1.25 bits per heavy atom. The number of carbonyl (C=O) groups is 2. The molecule has 0 aliphatic carbocycles. The number of piperidine rings is 1. The van der Waals surface area contributed by atoms with Gasteiger partial charge in [-0.2, -0.15) is 0 Å². The molecule has 0 saturated carbocycles. The summed E-state index contributed by atoms with van der Waals surface area (Å²) in [7, 11) is 0. The van der Waals surface area contributed by atoms with Crippen LogP contribution in [0.4, 0.5) is 11.4 Å². The predicted octanol–water partition coefficient (Wildman–Crippen LogP) is 1.74. The second-order valence-corrected chi connectivity index (χ2v) is 7.50. The number of benzene rings is 2. The molecule has 2 unspecified atom stereocenters. The molecule has 28 heavy (non-hydrogen) atoms. The van der Waals surface area contributed by atoms with Crippen molar-refractivity contribution in [2.75, 3.05) is 0 Å². The lowest BCUT2D eigenvalue weighted by atomic mass is 10.1. The van der Waals surface area contributed by atoms with Gasteiger partial charge >= 0.3 is 0 Å². The van der Waals surface area contributed by atoms with E-state index in [1.54, 1.807) is 0 Å². The molecular formula is C17H13N3O6S2. The molecular weight excluding hydrogens is 406 g/mol. The zero-order chi connectivity index (χ0) is 20.3. The number of nitrogens with zero attached hydrogens (tertiary/aromatic N) is 2. The van der Waals surface area contributed by atoms with Crippen molar-refractivity contribution >= 4 is 56.8 Å². The normalized spacial score (nSPS) is 19.5. The number of ketones is 1. The number of hydrogen-bond donors (Lipinski definition) is 3. The minimum absolute atomic E-state index is 0.0808. The summed E-state index contributed by atoms with van der Waals surface area (Å²) in [5, 5.41) is 2.38. The van der Waals surface area contributed by atoms with E-state index < -0.39 is 33.9 Å². The molecule has 144 valence electrons. The summed E-state index contributed by atoms with van der Waals surface area (Å²) in [6.45, 7) is 0. The topological polar surface area (TPSA) is 145 Å². The molecule has 2 atom stereocenters. The van der Waals surface area contributed by atoms with Gasteiger partial charge in [0.1, 0.15) is 0 Å². The van der Waals surface area contributed by atoms with Gasteiger partial charge in [-0.15, -0.1) is 0 Å². The summed E-state index contributed by atoms with van der Waals surface area (Å²) in [6.07, 6.45) is -0.253. The number of amidine groups is 1. The molecule has 1 amide bonds. The van der Waals surface area contributed by atoms with E-state index in [4.69, 9.17) is 9.11 Å². The Labute approximate surface area is 164 Å². The summed E-state index contributed by atoms with van der Waals surface area (Å²) in [4.78, 5) is 32.5. The standard InChI is InChI=1S/C17H13N3O6S2/c21-15-9-14(18-10-1-5-12(6-2-10)27(23)24)16(20-17(15)22)19-11-3-7-13(8-4-11)28(25)26/h1-8H,9H2,(H,23,24)(H,25,26)(H,19,20,22). The fourth-order valence-corrected chi connectivity index (χ4v) is 3.05.